The molecule has 1 aliphatic heterocycles. The van der Waals surface area contributed by atoms with Gasteiger partial charge in [0, 0.05) is 18.7 Å². The van der Waals surface area contributed by atoms with E-state index < -0.39 is 5.91 Å². The molecule has 2 aromatic carbocycles. The first-order valence-electron chi connectivity index (χ1n) is 8.09. The number of nitrogens with two attached hydrogens (primary N) is 1. The van der Waals surface area contributed by atoms with Gasteiger partial charge in [-0.1, -0.05) is 36.1 Å². The summed E-state index contributed by atoms with van der Waals surface area (Å²) in [6.45, 7) is 1.51. The van der Waals surface area contributed by atoms with Crippen molar-refractivity contribution in [2.75, 3.05) is 18.5 Å². The number of amides is 1. The van der Waals surface area contributed by atoms with Gasteiger partial charge in [0.05, 0.1) is 22.9 Å². The van der Waals surface area contributed by atoms with E-state index in [-0.39, 0.29) is 6.10 Å². The quantitative estimate of drug-likeness (QED) is 0.852. The predicted octanol–water partition coefficient (Wildman–Crippen LogP) is 2.78. The average Bonchev–Trinajstić information content (AvgIpc) is 3.12. The highest BCUT2D eigenvalue weighted by molar-refractivity contribution is 5.97. The fraction of sp³-hybridized carbons (Fsp3) is 0.250. The fourth-order valence-electron chi connectivity index (χ4n) is 2.72. The fourth-order valence-corrected chi connectivity index (χ4v) is 2.72. The Balaban J connectivity index is 1.89. The molecule has 122 valence electrons. The van der Waals surface area contributed by atoms with Crippen LogP contribution in [0.5, 0.6) is 0 Å². The summed E-state index contributed by atoms with van der Waals surface area (Å²) in [5.41, 5.74) is 8.27. The maximum atomic E-state index is 11.7. The van der Waals surface area contributed by atoms with E-state index in [0.717, 1.165) is 30.7 Å². The second kappa shape index (κ2) is 7.67. The lowest BCUT2D eigenvalue weighted by atomic mass is 10.0. The molecule has 1 saturated heterocycles. The molecular formula is C20H20N2O2. The van der Waals surface area contributed by atoms with Crippen molar-refractivity contribution < 1.29 is 9.53 Å². The Hall–Kier alpha value is -2.77. The van der Waals surface area contributed by atoms with E-state index in [1.165, 1.54) is 0 Å². The monoisotopic (exact) mass is 320 g/mol. The van der Waals surface area contributed by atoms with Crippen molar-refractivity contribution in [2.45, 2.75) is 18.9 Å². The first kappa shape index (κ1) is 16.1. The largest absolute Gasteiger partial charge is 0.381 e. The third kappa shape index (κ3) is 3.95. The molecule has 3 N–H and O–H groups in total. The Labute approximate surface area is 142 Å². The Bertz CT molecular complexity index is 769. The lowest BCUT2D eigenvalue weighted by Crippen LogP contribution is -2.20. The van der Waals surface area contributed by atoms with Crippen LogP contribution in [0, 0.1) is 11.8 Å². The minimum absolute atomic E-state index is 0.206. The van der Waals surface area contributed by atoms with Crippen LogP contribution in [0.1, 0.15) is 34.3 Å². The maximum Gasteiger partial charge on any atom is 0.250 e. The molecule has 24 heavy (non-hydrogen) atoms. The van der Waals surface area contributed by atoms with E-state index >= 15 is 0 Å². The predicted molar refractivity (Wildman–Crippen MR) is 94.8 cm³/mol. The molecule has 0 radical (unpaired) electrons. The second-order valence-corrected chi connectivity index (χ2v) is 5.72. The molecule has 1 fully saturated rings. The van der Waals surface area contributed by atoms with E-state index in [1.54, 1.807) is 6.07 Å². The van der Waals surface area contributed by atoms with Crippen LogP contribution in [-0.2, 0) is 4.74 Å². The topological polar surface area (TPSA) is 64.4 Å². The summed E-state index contributed by atoms with van der Waals surface area (Å²) in [4.78, 5) is 11.7. The molecule has 0 aliphatic carbocycles. The first-order chi connectivity index (χ1) is 11.7. The van der Waals surface area contributed by atoms with Crippen molar-refractivity contribution >= 4 is 11.6 Å². The maximum absolute atomic E-state index is 11.7. The number of anilines is 1. The molecule has 1 atom stereocenters. The van der Waals surface area contributed by atoms with Crippen LogP contribution < -0.4 is 11.1 Å². The molecule has 0 saturated carbocycles. The molecule has 1 heterocycles. The van der Waals surface area contributed by atoms with Crippen molar-refractivity contribution in [3.8, 4) is 11.8 Å². The van der Waals surface area contributed by atoms with Gasteiger partial charge in [-0.3, -0.25) is 4.79 Å². The van der Waals surface area contributed by atoms with Crippen molar-refractivity contribution in [2.24, 2.45) is 5.73 Å². The zero-order valence-electron chi connectivity index (χ0n) is 13.4. The van der Waals surface area contributed by atoms with Crippen LogP contribution in [0.25, 0.3) is 0 Å². The SMILES string of the molecule is NC(=O)c1cccc(NCC2CCCO2)c1C#Cc1ccccc1. The number of hydrogen-bond donors (Lipinski definition) is 2. The van der Waals surface area contributed by atoms with E-state index in [2.05, 4.69) is 17.2 Å². The third-order valence-corrected chi connectivity index (χ3v) is 3.98. The molecule has 0 spiro atoms. The standard InChI is InChI=1S/C20H20N2O2/c21-20(23)18-9-4-10-19(22-14-16-8-5-13-24-16)17(18)12-11-15-6-2-1-3-7-15/h1-4,6-7,9-10,16,22H,5,8,13-14H2,(H2,21,23). The number of primary amides is 1. The molecule has 1 aliphatic rings. The normalized spacial score (nSPS) is 16.2. The average molecular weight is 320 g/mol. The minimum atomic E-state index is -0.479. The summed E-state index contributed by atoms with van der Waals surface area (Å²) < 4.78 is 5.63. The number of carbonyl (C=O) groups is 1. The number of ether oxygens (including phenoxy) is 1. The van der Waals surface area contributed by atoms with Crippen LogP contribution in [0.4, 0.5) is 5.69 Å². The molecule has 4 heteroatoms. The molecule has 0 bridgehead atoms. The van der Waals surface area contributed by atoms with Crippen molar-refractivity contribution in [3.63, 3.8) is 0 Å². The molecule has 2 aromatic rings. The molecule has 0 aromatic heterocycles. The molecule has 4 nitrogen and oxygen atoms in total. The number of carbonyl (C=O) groups excluding carboxylic acids is 1. The summed E-state index contributed by atoms with van der Waals surface area (Å²) in [5.74, 6) is 5.72. The number of nitrogens with one attached hydrogen (secondary N) is 1. The summed E-state index contributed by atoms with van der Waals surface area (Å²) in [5, 5.41) is 3.35. The van der Waals surface area contributed by atoms with E-state index in [9.17, 15) is 4.79 Å². The smallest absolute Gasteiger partial charge is 0.250 e. The summed E-state index contributed by atoms with van der Waals surface area (Å²) in [6, 6.07) is 15.1. The zero-order valence-corrected chi connectivity index (χ0v) is 13.4. The zero-order chi connectivity index (χ0) is 16.8. The lowest BCUT2D eigenvalue weighted by molar-refractivity contribution is 0.1000. The van der Waals surface area contributed by atoms with Crippen LogP contribution in [0.15, 0.2) is 48.5 Å². The van der Waals surface area contributed by atoms with Gasteiger partial charge in [0.2, 0.25) is 5.91 Å². The van der Waals surface area contributed by atoms with Crippen LogP contribution >= 0.6 is 0 Å². The summed E-state index contributed by atoms with van der Waals surface area (Å²) >= 11 is 0. The Morgan fingerprint density at radius 1 is 1.17 bits per heavy atom. The van der Waals surface area contributed by atoms with Gasteiger partial charge < -0.3 is 15.8 Å². The number of hydrogen-bond acceptors (Lipinski definition) is 3. The highest BCUT2D eigenvalue weighted by Crippen LogP contribution is 2.21. The molecule has 1 amide bonds. The lowest BCUT2D eigenvalue weighted by Gasteiger charge is -2.14. The summed E-state index contributed by atoms with van der Waals surface area (Å²) in [6.07, 6.45) is 2.35. The Morgan fingerprint density at radius 2 is 2.00 bits per heavy atom. The highest BCUT2D eigenvalue weighted by atomic mass is 16.5. The van der Waals surface area contributed by atoms with Gasteiger partial charge in [-0.15, -0.1) is 0 Å². The Kier molecular flexibility index (Phi) is 5.15. The summed E-state index contributed by atoms with van der Waals surface area (Å²) in [7, 11) is 0. The van der Waals surface area contributed by atoms with Gasteiger partial charge in [-0.2, -0.15) is 0 Å². The minimum Gasteiger partial charge on any atom is -0.381 e. The van der Waals surface area contributed by atoms with Crippen molar-refractivity contribution in [1.29, 1.82) is 0 Å². The second-order valence-electron chi connectivity index (χ2n) is 5.72. The van der Waals surface area contributed by atoms with E-state index in [4.69, 9.17) is 10.5 Å². The molecule has 1 unspecified atom stereocenters. The van der Waals surface area contributed by atoms with E-state index in [0.29, 0.717) is 17.7 Å². The highest BCUT2D eigenvalue weighted by Gasteiger charge is 2.16. The van der Waals surface area contributed by atoms with Gasteiger partial charge in [0.15, 0.2) is 0 Å². The third-order valence-electron chi connectivity index (χ3n) is 3.98. The van der Waals surface area contributed by atoms with Crippen molar-refractivity contribution in [3.05, 3.63) is 65.2 Å². The van der Waals surface area contributed by atoms with Crippen LogP contribution in [0.3, 0.4) is 0 Å². The van der Waals surface area contributed by atoms with Gasteiger partial charge in [0.25, 0.3) is 0 Å². The molecular weight excluding hydrogens is 300 g/mol. The Morgan fingerprint density at radius 3 is 2.71 bits per heavy atom. The van der Waals surface area contributed by atoms with Gasteiger partial charge >= 0.3 is 0 Å². The van der Waals surface area contributed by atoms with E-state index in [1.807, 2.05) is 42.5 Å². The number of benzene rings is 2. The van der Waals surface area contributed by atoms with Crippen LogP contribution in [0.2, 0.25) is 0 Å². The number of rotatable bonds is 4. The van der Waals surface area contributed by atoms with Gasteiger partial charge in [0.1, 0.15) is 0 Å². The first-order valence-corrected chi connectivity index (χ1v) is 8.09. The molecule has 3 rings (SSSR count). The van der Waals surface area contributed by atoms with Gasteiger partial charge in [-0.25, -0.2) is 0 Å². The van der Waals surface area contributed by atoms with Gasteiger partial charge in [-0.05, 0) is 37.1 Å². The van der Waals surface area contributed by atoms with Crippen LogP contribution in [-0.4, -0.2) is 25.2 Å². The van der Waals surface area contributed by atoms with Crippen molar-refractivity contribution in [1.82, 2.24) is 0 Å².